The molecule has 8 heteroatoms. The lowest BCUT2D eigenvalue weighted by molar-refractivity contribution is -0.118. The van der Waals surface area contributed by atoms with Crippen LogP contribution in [-0.4, -0.2) is 40.5 Å². The van der Waals surface area contributed by atoms with E-state index >= 15 is 0 Å². The molecule has 1 N–H and O–H groups in total. The van der Waals surface area contributed by atoms with Gasteiger partial charge in [-0.2, -0.15) is 0 Å². The molecule has 0 atom stereocenters. The van der Waals surface area contributed by atoms with E-state index in [-0.39, 0.29) is 11.7 Å². The summed E-state index contributed by atoms with van der Waals surface area (Å²) in [7, 11) is 1.64. The van der Waals surface area contributed by atoms with Crippen LogP contribution in [0.4, 0.5) is 0 Å². The van der Waals surface area contributed by atoms with Gasteiger partial charge in [0.15, 0.2) is 0 Å². The topological polar surface area (TPSA) is 77.0 Å². The maximum Gasteiger partial charge on any atom is 0.230 e. The number of methoxy groups -OCH3 is 1. The third-order valence-electron chi connectivity index (χ3n) is 3.54. The second kappa shape index (κ2) is 8.29. The highest BCUT2D eigenvalue weighted by Gasteiger charge is 2.16. The minimum atomic E-state index is -0.0731. The van der Waals surface area contributed by atoms with Crippen LogP contribution in [-0.2, 0) is 4.79 Å². The molecule has 26 heavy (non-hydrogen) atoms. The fourth-order valence-corrected chi connectivity index (χ4v) is 4.07. The molecule has 0 aliphatic heterocycles. The van der Waals surface area contributed by atoms with Crippen molar-refractivity contribution in [3.05, 3.63) is 41.9 Å². The summed E-state index contributed by atoms with van der Waals surface area (Å²) >= 11 is 2.91. The molecule has 0 fully saturated rings. The van der Waals surface area contributed by atoms with Gasteiger partial charge in [0, 0.05) is 12.1 Å². The second-order valence-corrected chi connectivity index (χ2v) is 7.54. The molecule has 0 spiro atoms. The Morgan fingerprint density at radius 2 is 2.12 bits per heavy atom. The quantitative estimate of drug-likeness (QED) is 0.495. The Balaban J connectivity index is 1.91. The number of carbonyl (C=O) groups excluding carboxylic acids is 1. The smallest absolute Gasteiger partial charge is 0.230 e. The summed E-state index contributed by atoms with van der Waals surface area (Å²) in [5.74, 6) is 0.975. The van der Waals surface area contributed by atoms with Crippen LogP contribution in [0.1, 0.15) is 5.01 Å². The maximum absolute atomic E-state index is 11.8. The first kappa shape index (κ1) is 18.3. The predicted molar refractivity (Wildman–Crippen MR) is 106 cm³/mol. The number of hydrogen-bond donors (Lipinski definition) is 1. The Hall–Kier alpha value is -2.45. The summed E-state index contributed by atoms with van der Waals surface area (Å²) in [5, 5.41) is 13.1. The van der Waals surface area contributed by atoms with Crippen LogP contribution >= 0.6 is 23.1 Å². The normalized spacial score (nSPS) is 10.7. The molecule has 3 aromatic rings. The number of nitrogens with one attached hydrogen (secondary N) is 1. The highest BCUT2D eigenvalue weighted by molar-refractivity contribution is 8.00. The number of fused-ring (bicyclic) bond motifs is 1. The molecule has 0 unspecified atom stereocenters. The number of ether oxygens (including phenoxy) is 1. The van der Waals surface area contributed by atoms with Crippen LogP contribution in [0.25, 0.3) is 21.5 Å². The summed E-state index contributed by atoms with van der Waals surface area (Å²) in [6.45, 7) is 5.99. The fourth-order valence-electron chi connectivity index (χ4n) is 2.33. The zero-order chi connectivity index (χ0) is 18.5. The van der Waals surface area contributed by atoms with Crippen molar-refractivity contribution >= 4 is 39.2 Å². The van der Waals surface area contributed by atoms with E-state index in [2.05, 4.69) is 27.1 Å². The molecular weight excluding hydrogens is 368 g/mol. The number of nitrogens with zero attached hydrogens (tertiary/aromatic N) is 3. The van der Waals surface area contributed by atoms with Gasteiger partial charge >= 0.3 is 0 Å². The van der Waals surface area contributed by atoms with Gasteiger partial charge in [0.25, 0.3) is 0 Å². The van der Waals surface area contributed by atoms with Crippen LogP contribution in [0.5, 0.6) is 5.75 Å². The maximum atomic E-state index is 11.8. The number of benzene rings is 1. The Bertz CT molecular complexity index is 938. The Kier molecular flexibility index (Phi) is 5.85. The average Bonchev–Trinajstić information content (AvgIpc) is 3.06. The van der Waals surface area contributed by atoms with Crippen molar-refractivity contribution in [2.45, 2.75) is 11.9 Å². The second-order valence-electron chi connectivity index (χ2n) is 5.37. The van der Waals surface area contributed by atoms with Crippen LogP contribution in [0, 0.1) is 6.92 Å². The molecule has 0 saturated carbocycles. The summed E-state index contributed by atoms with van der Waals surface area (Å²) < 4.78 is 6.17. The Morgan fingerprint density at radius 3 is 2.81 bits per heavy atom. The van der Waals surface area contributed by atoms with E-state index in [1.807, 2.05) is 31.2 Å². The van der Waals surface area contributed by atoms with Crippen molar-refractivity contribution in [3.63, 3.8) is 0 Å². The lowest BCUT2D eigenvalue weighted by Crippen LogP contribution is -2.24. The first-order valence-corrected chi connectivity index (χ1v) is 9.71. The molecular formula is C18H18N4O2S2. The van der Waals surface area contributed by atoms with Crippen LogP contribution in [0.15, 0.2) is 41.9 Å². The summed E-state index contributed by atoms with van der Waals surface area (Å²) in [6, 6.07) is 7.69. The molecule has 0 saturated heterocycles. The monoisotopic (exact) mass is 386 g/mol. The zero-order valence-electron chi connectivity index (χ0n) is 14.5. The number of aryl methyl sites for hydroxylation is 1. The number of thioether (sulfide) groups is 1. The van der Waals surface area contributed by atoms with Gasteiger partial charge in [-0.15, -0.1) is 28.1 Å². The molecule has 0 aliphatic carbocycles. The van der Waals surface area contributed by atoms with Gasteiger partial charge in [0.2, 0.25) is 5.91 Å². The third kappa shape index (κ3) is 4.03. The number of rotatable bonds is 7. The fraction of sp³-hybridized carbons (Fsp3) is 0.222. The Morgan fingerprint density at radius 1 is 1.35 bits per heavy atom. The van der Waals surface area contributed by atoms with Gasteiger partial charge in [0.1, 0.15) is 22.0 Å². The van der Waals surface area contributed by atoms with Gasteiger partial charge in [-0.3, -0.25) is 4.79 Å². The highest BCUT2D eigenvalue weighted by atomic mass is 32.2. The van der Waals surface area contributed by atoms with Gasteiger partial charge < -0.3 is 10.1 Å². The molecule has 6 nitrogen and oxygen atoms in total. The van der Waals surface area contributed by atoms with Crippen molar-refractivity contribution in [2.75, 3.05) is 19.4 Å². The van der Waals surface area contributed by atoms with Gasteiger partial charge in [-0.05, 0) is 31.2 Å². The minimum Gasteiger partial charge on any atom is -0.497 e. The molecule has 0 radical (unpaired) electrons. The van der Waals surface area contributed by atoms with Crippen molar-refractivity contribution < 1.29 is 9.53 Å². The molecule has 0 aliphatic rings. The third-order valence-corrected chi connectivity index (χ3v) is 5.47. The van der Waals surface area contributed by atoms with E-state index in [1.165, 1.54) is 11.8 Å². The van der Waals surface area contributed by atoms with Crippen molar-refractivity contribution in [3.8, 4) is 17.0 Å². The van der Waals surface area contributed by atoms with E-state index in [1.54, 1.807) is 24.5 Å². The number of carbonyl (C=O) groups is 1. The molecule has 0 bridgehead atoms. The van der Waals surface area contributed by atoms with E-state index in [0.29, 0.717) is 11.6 Å². The summed E-state index contributed by atoms with van der Waals surface area (Å²) in [5.41, 5.74) is 2.52. The van der Waals surface area contributed by atoms with Crippen molar-refractivity contribution in [1.82, 2.24) is 20.5 Å². The van der Waals surface area contributed by atoms with Crippen LogP contribution < -0.4 is 10.1 Å². The highest BCUT2D eigenvalue weighted by Crippen LogP contribution is 2.35. The first-order chi connectivity index (χ1) is 12.6. The standard InChI is InChI=1S/C18H18N4O2S2/c1-4-9-19-14(23)10-25-18-16-17(26-11(2)20-16)15(21-22-18)12-5-7-13(24-3)8-6-12/h4-8H,1,9-10H2,2-3H3,(H,19,23). The molecule has 2 aromatic heterocycles. The van der Waals surface area contributed by atoms with E-state index < -0.39 is 0 Å². The number of hydrogen-bond acceptors (Lipinski definition) is 7. The number of amides is 1. The Labute approximate surface area is 159 Å². The number of thiazole rings is 1. The van der Waals surface area contributed by atoms with E-state index in [4.69, 9.17) is 4.74 Å². The van der Waals surface area contributed by atoms with Crippen LogP contribution in [0.2, 0.25) is 0 Å². The molecule has 1 amide bonds. The summed E-state index contributed by atoms with van der Waals surface area (Å²) in [6.07, 6.45) is 1.65. The zero-order valence-corrected chi connectivity index (χ0v) is 16.1. The van der Waals surface area contributed by atoms with Gasteiger partial charge in [0.05, 0.1) is 22.6 Å². The van der Waals surface area contributed by atoms with Crippen molar-refractivity contribution in [2.24, 2.45) is 0 Å². The minimum absolute atomic E-state index is 0.0731. The van der Waals surface area contributed by atoms with Crippen molar-refractivity contribution in [1.29, 1.82) is 0 Å². The average molecular weight is 387 g/mol. The van der Waals surface area contributed by atoms with E-state index in [0.717, 1.165) is 32.2 Å². The summed E-state index contributed by atoms with van der Waals surface area (Å²) in [4.78, 5) is 16.4. The van der Waals surface area contributed by atoms with Crippen LogP contribution in [0.3, 0.4) is 0 Å². The predicted octanol–water partition coefficient (Wildman–Crippen LogP) is 3.46. The largest absolute Gasteiger partial charge is 0.497 e. The number of aromatic nitrogens is 3. The molecule has 2 heterocycles. The van der Waals surface area contributed by atoms with Gasteiger partial charge in [-0.1, -0.05) is 17.8 Å². The molecule has 1 aromatic carbocycles. The lowest BCUT2D eigenvalue weighted by atomic mass is 10.1. The molecule has 134 valence electrons. The van der Waals surface area contributed by atoms with Gasteiger partial charge in [-0.25, -0.2) is 4.98 Å². The molecule has 3 rings (SSSR count). The first-order valence-electron chi connectivity index (χ1n) is 7.91. The SMILES string of the molecule is C=CCNC(=O)CSc1nnc(-c2ccc(OC)cc2)c2sc(C)nc12. The van der Waals surface area contributed by atoms with E-state index in [9.17, 15) is 4.79 Å². The lowest BCUT2D eigenvalue weighted by Gasteiger charge is -2.06.